The molecule has 0 unspecified atom stereocenters. The molecule has 88 valence electrons. The predicted molar refractivity (Wildman–Crippen MR) is 65.5 cm³/mol. The summed E-state index contributed by atoms with van der Waals surface area (Å²) in [5, 5.41) is 3.37. The van der Waals surface area contributed by atoms with Crippen LogP contribution >= 0.6 is 11.6 Å². The van der Waals surface area contributed by atoms with Crippen molar-refractivity contribution in [1.29, 1.82) is 0 Å². The van der Waals surface area contributed by atoms with Gasteiger partial charge in [0.15, 0.2) is 5.78 Å². The predicted octanol–water partition coefficient (Wildman–Crippen LogP) is 2.53. The van der Waals surface area contributed by atoms with Crippen molar-refractivity contribution in [3.05, 3.63) is 28.8 Å². The summed E-state index contributed by atoms with van der Waals surface area (Å²) in [7, 11) is 3.31. The monoisotopic (exact) mass is 241 g/mol. The van der Waals surface area contributed by atoms with Gasteiger partial charge < -0.3 is 10.1 Å². The Morgan fingerprint density at radius 1 is 1.44 bits per heavy atom. The third-order valence-corrected chi connectivity index (χ3v) is 2.93. The molecule has 1 rings (SSSR count). The highest BCUT2D eigenvalue weighted by atomic mass is 35.5. The van der Waals surface area contributed by atoms with E-state index < -0.39 is 5.54 Å². The number of halogens is 1. The van der Waals surface area contributed by atoms with Crippen LogP contribution < -0.4 is 10.1 Å². The lowest BCUT2D eigenvalue weighted by molar-refractivity contribution is 0.0889. The molecule has 0 aliphatic rings. The van der Waals surface area contributed by atoms with Gasteiger partial charge in [0.2, 0.25) is 0 Å². The van der Waals surface area contributed by atoms with Crippen molar-refractivity contribution in [2.45, 2.75) is 19.4 Å². The van der Waals surface area contributed by atoms with E-state index in [-0.39, 0.29) is 5.78 Å². The van der Waals surface area contributed by atoms with Crippen molar-refractivity contribution >= 4 is 17.4 Å². The van der Waals surface area contributed by atoms with Gasteiger partial charge in [-0.3, -0.25) is 4.79 Å². The number of ether oxygens (including phenoxy) is 1. The molecule has 1 aromatic rings. The van der Waals surface area contributed by atoms with Crippen LogP contribution in [-0.2, 0) is 0 Å². The van der Waals surface area contributed by atoms with Gasteiger partial charge in [-0.15, -0.1) is 0 Å². The van der Waals surface area contributed by atoms with E-state index >= 15 is 0 Å². The maximum Gasteiger partial charge on any atom is 0.183 e. The van der Waals surface area contributed by atoms with Crippen LogP contribution in [0.3, 0.4) is 0 Å². The Balaban J connectivity index is 3.10. The van der Waals surface area contributed by atoms with Crippen LogP contribution in [0.4, 0.5) is 0 Å². The summed E-state index contributed by atoms with van der Waals surface area (Å²) < 4.78 is 5.03. The van der Waals surface area contributed by atoms with Crippen molar-refractivity contribution in [2.24, 2.45) is 0 Å². The fourth-order valence-corrected chi connectivity index (χ4v) is 1.51. The van der Waals surface area contributed by atoms with Gasteiger partial charge in [-0.25, -0.2) is 0 Å². The molecule has 0 spiro atoms. The molecule has 0 saturated carbocycles. The summed E-state index contributed by atoms with van der Waals surface area (Å²) in [6.07, 6.45) is 0. The van der Waals surface area contributed by atoms with Crippen molar-refractivity contribution in [1.82, 2.24) is 5.32 Å². The minimum absolute atomic E-state index is 0.0392. The lowest BCUT2D eigenvalue weighted by Gasteiger charge is -2.22. The van der Waals surface area contributed by atoms with Crippen LogP contribution in [0.1, 0.15) is 24.2 Å². The van der Waals surface area contributed by atoms with Gasteiger partial charge in [-0.2, -0.15) is 0 Å². The molecule has 0 heterocycles. The van der Waals surface area contributed by atoms with Crippen LogP contribution in [0.15, 0.2) is 18.2 Å². The molecule has 1 aromatic carbocycles. The van der Waals surface area contributed by atoms with Crippen LogP contribution in [-0.4, -0.2) is 25.5 Å². The summed E-state index contributed by atoms with van der Waals surface area (Å²) in [6, 6.07) is 5.05. The molecule has 4 heteroatoms. The Morgan fingerprint density at radius 2 is 2.06 bits per heavy atom. The third kappa shape index (κ3) is 2.54. The van der Waals surface area contributed by atoms with E-state index in [0.717, 1.165) is 0 Å². The Hall–Kier alpha value is -1.06. The van der Waals surface area contributed by atoms with Gasteiger partial charge in [0, 0.05) is 5.56 Å². The van der Waals surface area contributed by atoms with Crippen LogP contribution in [0.25, 0.3) is 0 Å². The third-order valence-electron chi connectivity index (χ3n) is 2.61. The SMILES string of the molecule is CNC(C)(C)C(=O)c1ccc(OC)cc1Cl. The zero-order valence-corrected chi connectivity index (χ0v) is 10.7. The number of ketones is 1. The number of carbonyl (C=O) groups excluding carboxylic acids is 1. The molecule has 0 atom stereocenters. The minimum Gasteiger partial charge on any atom is -0.497 e. The first-order valence-electron chi connectivity index (χ1n) is 4.99. The first-order valence-corrected chi connectivity index (χ1v) is 5.37. The fourth-order valence-electron chi connectivity index (χ4n) is 1.26. The van der Waals surface area contributed by atoms with Crippen LogP contribution in [0.5, 0.6) is 5.75 Å². The molecule has 0 radical (unpaired) electrons. The molecule has 0 amide bonds. The van der Waals surface area contributed by atoms with E-state index in [9.17, 15) is 4.79 Å². The molecule has 3 nitrogen and oxygen atoms in total. The van der Waals surface area contributed by atoms with Crippen LogP contribution in [0.2, 0.25) is 5.02 Å². The lowest BCUT2D eigenvalue weighted by Crippen LogP contribution is -2.44. The summed E-state index contributed by atoms with van der Waals surface area (Å²) in [4.78, 5) is 12.1. The number of hydrogen-bond acceptors (Lipinski definition) is 3. The number of carbonyl (C=O) groups is 1. The number of benzene rings is 1. The Morgan fingerprint density at radius 3 is 2.50 bits per heavy atom. The molecule has 0 fully saturated rings. The number of Topliss-reactive ketones (excluding diaryl/α,β-unsaturated/α-hetero) is 1. The molecule has 0 aliphatic carbocycles. The van der Waals surface area contributed by atoms with Gasteiger partial charge in [0.05, 0.1) is 17.7 Å². The normalized spacial score (nSPS) is 11.3. The van der Waals surface area contributed by atoms with Gasteiger partial charge in [-0.05, 0) is 39.1 Å². The van der Waals surface area contributed by atoms with E-state index in [1.807, 2.05) is 13.8 Å². The number of methoxy groups -OCH3 is 1. The topological polar surface area (TPSA) is 38.3 Å². The molecular formula is C12H16ClNO2. The van der Waals surface area contributed by atoms with E-state index in [2.05, 4.69) is 5.32 Å². The zero-order chi connectivity index (χ0) is 12.3. The molecule has 1 N–H and O–H groups in total. The van der Waals surface area contributed by atoms with Crippen molar-refractivity contribution in [2.75, 3.05) is 14.2 Å². The Bertz CT molecular complexity index is 402. The standard InChI is InChI=1S/C12H16ClNO2/c1-12(2,14-3)11(15)9-6-5-8(16-4)7-10(9)13/h5-7,14H,1-4H3. The van der Waals surface area contributed by atoms with Crippen molar-refractivity contribution in [3.8, 4) is 5.75 Å². The van der Waals surface area contributed by atoms with Crippen molar-refractivity contribution < 1.29 is 9.53 Å². The second kappa shape index (κ2) is 4.85. The average Bonchev–Trinajstić information content (AvgIpc) is 2.28. The quantitative estimate of drug-likeness (QED) is 0.824. The summed E-state index contributed by atoms with van der Waals surface area (Å²) in [6.45, 7) is 3.63. The van der Waals surface area contributed by atoms with Crippen molar-refractivity contribution in [3.63, 3.8) is 0 Å². The first-order chi connectivity index (χ1) is 7.42. The zero-order valence-electron chi connectivity index (χ0n) is 9.93. The fraction of sp³-hybridized carbons (Fsp3) is 0.417. The number of likely N-dealkylation sites (N-methyl/N-ethyl adjacent to an activating group) is 1. The smallest absolute Gasteiger partial charge is 0.183 e. The number of hydrogen-bond donors (Lipinski definition) is 1. The molecule has 0 saturated heterocycles. The molecule has 0 aromatic heterocycles. The molecular weight excluding hydrogens is 226 g/mol. The number of nitrogens with one attached hydrogen (secondary N) is 1. The Labute approximate surface area is 101 Å². The minimum atomic E-state index is -0.627. The molecule has 0 aliphatic heterocycles. The van der Waals surface area contributed by atoms with Crippen LogP contribution in [0, 0.1) is 0 Å². The van der Waals surface area contributed by atoms with Gasteiger partial charge >= 0.3 is 0 Å². The largest absolute Gasteiger partial charge is 0.497 e. The number of rotatable bonds is 4. The molecule has 0 bridgehead atoms. The van der Waals surface area contributed by atoms with Gasteiger partial charge in [0.25, 0.3) is 0 Å². The second-order valence-electron chi connectivity index (χ2n) is 4.05. The molecule has 16 heavy (non-hydrogen) atoms. The van der Waals surface area contributed by atoms with E-state index in [0.29, 0.717) is 16.3 Å². The lowest BCUT2D eigenvalue weighted by atomic mass is 9.93. The second-order valence-corrected chi connectivity index (χ2v) is 4.46. The van der Waals surface area contributed by atoms with E-state index in [1.54, 1.807) is 32.4 Å². The highest BCUT2D eigenvalue weighted by Gasteiger charge is 2.28. The summed E-state index contributed by atoms with van der Waals surface area (Å²) in [5.74, 6) is 0.603. The first kappa shape index (κ1) is 13.0. The van der Waals surface area contributed by atoms with Gasteiger partial charge in [-0.1, -0.05) is 11.6 Å². The summed E-state index contributed by atoms with van der Waals surface area (Å²) in [5.41, 5.74) is -0.125. The highest BCUT2D eigenvalue weighted by Crippen LogP contribution is 2.25. The maximum absolute atomic E-state index is 12.1. The Kier molecular flexibility index (Phi) is 3.94. The van der Waals surface area contributed by atoms with E-state index in [4.69, 9.17) is 16.3 Å². The van der Waals surface area contributed by atoms with E-state index in [1.165, 1.54) is 0 Å². The average molecular weight is 242 g/mol. The highest BCUT2D eigenvalue weighted by molar-refractivity contribution is 6.34. The summed E-state index contributed by atoms with van der Waals surface area (Å²) >= 11 is 6.04. The maximum atomic E-state index is 12.1. The van der Waals surface area contributed by atoms with Gasteiger partial charge in [0.1, 0.15) is 5.75 Å².